The minimum atomic E-state index is -0.593. The van der Waals surface area contributed by atoms with Crippen LogP contribution in [0, 0.1) is 0 Å². The second kappa shape index (κ2) is 8.49. The molecule has 1 N–H and O–H groups in total. The Labute approximate surface area is 182 Å². The number of rotatable bonds is 6. The number of thiazole rings is 1. The number of aromatic nitrogens is 2. The first-order chi connectivity index (χ1) is 14.5. The van der Waals surface area contributed by atoms with E-state index >= 15 is 0 Å². The minimum absolute atomic E-state index is 0.00367. The van der Waals surface area contributed by atoms with Crippen molar-refractivity contribution in [3.8, 4) is 22.1 Å². The molecule has 0 spiro atoms. The molecule has 0 saturated heterocycles. The van der Waals surface area contributed by atoms with Crippen LogP contribution in [-0.2, 0) is 13.1 Å². The number of fused-ring (bicyclic) bond motifs is 1. The maximum absolute atomic E-state index is 13.1. The van der Waals surface area contributed by atoms with Gasteiger partial charge in [0.05, 0.1) is 12.2 Å². The average Bonchev–Trinajstić information content (AvgIpc) is 3.25. The summed E-state index contributed by atoms with van der Waals surface area (Å²) in [5, 5.41) is 13.3. The highest BCUT2D eigenvalue weighted by Crippen LogP contribution is 2.28. The molecule has 0 radical (unpaired) electrons. The lowest BCUT2D eigenvalue weighted by atomic mass is 10.1. The van der Waals surface area contributed by atoms with Crippen molar-refractivity contribution in [1.82, 2.24) is 14.5 Å². The Morgan fingerprint density at radius 3 is 2.83 bits per heavy atom. The normalized spacial score (nSPS) is 13.4. The van der Waals surface area contributed by atoms with E-state index in [0.717, 1.165) is 12.0 Å². The van der Waals surface area contributed by atoms with Gasteiger partial charge in [-0.2, -0.15) is 0 Å². The smallest absolute Gasteiger partial charge is 0.274 e. The van der Waals surface area contributed by atoms with Crippen LogP contribution in [0.2, 0.25) is 5.02 Å². The number of nitrogens with zero attached hydrogens (tertiary/aromatic N) is 3. The van der Waals surface area contributed by atoms with E-state index < -0.39 is 17.1 Å². The lowest BCUT2D eigenvalue weighted by Gasteiger charge is -2.30. The molecular weight excluding hydrogens is 426 g/mol. The number of aromatic hydroxyl groups is 1. The van der Waals surface area contributed by atoms with Crippen LogP contribution < -0.4 is 10.2 Å². The van der Waals surface area contributed by atoms with Crippen LogP contribution in [0.4, 0.5) is 0 Å². The summed E-state index contributed by atoms with van der Waals surface area (Å²) >= 11 is 7.51. The topological polar surface area (TPSA) is 84.7 Å². The van der Waals surface area contributed by atoms with E-state index in [1.807, 2.05) is 13.0 Å². The molecule has 2 aromatic heterocycles. The lowest BCUT2D eigenvalue weighted by Crippen LogP contribution is -2.41. The number of amides is 1. The maximum Gasteiger partial charge on any atom is 0.274 e. The Morgan fingerprint density at radius 2 is 2.10 bits per heavy atom. The van der Waals surface area contributed by atoms with Crippen LogP contribution in [0.25, 0.3) is 10.6 Å². The zero-order chi connectivity index (χ0) is 21.3. The molecule has 30 heavy (non-hydrogen) atoms. The molecule has 0 aliphatic carbocycles. The monoisotopic (exact) mass is 445 g/mol. The first-order valence-electron chi connectivity index (χ1n) is 9.55. The molecular formula is C21H20ClN3O4S. The van der Waals surface area contributed by atoms with Gasteiger partial charge in [-0.3, -0.25) is 9.59 Å². The van der Waals surface area contributed by atoms with Crippen molar-refractivity contribution in [2.45, 2.75) is 26.4 Å². The van der Waals surface area contributed by atoms with Crippen molar-refractivity contribution in [2.75, 3.05) is 13.2 Å². The lowest BCUT2D eigenvalue weighted by molar-refractivity contribution is 0.0683. The summed E-state index contributed by atoms with van der Waals surface area (Å²) in [5.74, 6) is -0.302. The van der Waals surface area contributed by atoms with Gasteiger partial charge in [-0.25, -0.2) is 4.98 Å². The van der Waals surface area contributed by atoms with Crippen molar-refractivity contribution in [3.63, 3.8) is 0 Å². The standard InChI is InChI=1S/C21H20ClN3O4S/c1-2-6-29-15-9-13(8-14(22)10-15)11-25-5-4-24-12-16(20-23-3-7-30-20)18(26)19(27)17(24)21(25)28/h3,7-10,12,27H,2,4-6,11H2,1H3. The van der Waals surface area contributed by atoms with Crippen molar-refractivity contribution < 1.29 is 14.6 Å². The SMILES string of the molecule is CCCOc1cc(Cl)cc(CN2CCn3cc(-c4nccs4)c(=O)c(O)c3C2=O)c1. The fourth-order valence-corrected chi connectivity index (χ4v) is 4.32. The number of ether oxygens (including phenoxy) is 1. The highest BCUT2D eigenvalue weighted by Gasteiger charge is 2.30. The highest BCUT2D eigenvalue weighted by atomic mass is 35.5. The van der Waals surface area contributed by atoms with E-state index in [0.29, 0.717) is 47.6 Å². The van der Waals surface area contributed by atoms with Gasteiger partial charge in [-0.15, -0.1) is 11.3 Å². The van der Waals surface area contributed by atoms with Gasteiger partial charge < -0.3 is 19.3 Å². The molecule has 3 heterocycles. The zero-order valence-electron chi connectivity index (χ0n) is 16.3. The summed E-state index contributed by atoms with van der Waals surface area (Å²) in [6.07, 6.45) is 4.07. The van der Waals surface area contributed by atoms with E-state index in [1.54, 1.807) is 39.4 Å². The molecule has 156 valence electrons. The quantitative estimate of drug-likeness (QED) is 0.624. The predicted molar refractivity (Wildman–Crippen MR) is 115 cm³/mol. The van der Waals surface area contributed by atoms with Crippen LogP contribution >= 0.6 is 22.9 Å². The Balaban J connectivity index is 1.62. The molecule has 0 saturated carbocycles. The largest absolute Gasteiger partial charge is 0.503 e. The van der Waals surface area contributed by atoms with Crippen LogP contribution in [0.1, 0.15) is 29.4 Å². The van der Waals surface area contributed by atoms with Crippen LogP contribution in [-0.4, -0.2) is 38.6 Å². The van der Waals surface area contributed by atoms with Gasteiger partial charge in [0.2, 0.25) is 5.43 Å². The number of carbonyl (C=O) groups excluding carboxylic acids is 1. The molecule has 0 atom stereocenters. The van der Waals surface area contributed by atoms with E-state index in [1.165, 1.54) is 11.3 Å². The number of carbonyl (C=O) groups is 1. The minimum Gasteiger partial charge on any atom is -0.503 e. The molecule has 1 amide bonds. The van der Waals surface area contributed by atoms with E-state index in [-0.39, 0.29) is 5.69 Å². The molecule has 7 nitrogen and oxygen atoms in total. The highest BCUT2D eigenvalue weighted by molar-refractivity contribution is 7.13. The van der Waals surface area contributed by atoms with E-state index in [9.17, 15) is 14.7 Å². The third-order valence-electron chi connectivity index (χ3n) is 4.80. The number of hydrogen-bond donors (Lipinski definition) is 1. The number of pyridine rings is 1. The number of hydrogen-bond acceptors (Lipinski definition) is 6. The van der Waals surface area contributed by atoms with Gasteiger partial charge >= 0.3 is 0 Å². The van der Waals surface area contributed by atoms with Crippen molar-refractivity contribution in [3.05, 3.63) is 62.5 Å². The van der Waals surface area contributed by atoms with Crippen LogP contribution in [0.15, 0.2) is 40.8 Å². The molecule has 1 aromatic carbocycles. The van der Waals surface area contributed by atoms with Gasteiger partial charge in [-0.1, -0.05) is 18.5 Å². The molecule has 4 rings (SSSR count). The first-order valence-corrected chi connectivity index (χ1v) is 10.8. The summed E-state index contributed by atoms with van der Waals surface area (Å²) < 4.78 is 7.28. The third kappa shape index (κ3) is 3.93. The summed E-state index contributed by atoms with van der Waals surface area (Å²) in [4.78, 5) is 31.4. The maximum atomic E-state index is 13.1. The van der Waals surface area contributed by atoms with Gasteiger partial charge in [0.15, 0.2) is 11.4 Å². The summed E-state index contributed by atoms with van der Waals surface area (Å²) in [7, 11) is 0. The molecule has 1 aliphatic rings. The molecule has 9 heteroatoms. The predicted octanol–water partition coefficient (Wildman–Crippen LogP) is 3.78. The Bertz CT molecular complexity index is 1140. The molecule has 0 unspecified atom stereocenters. The van der Waals surface area contributed by atoms with Gasteiger partial charge in [0.25, 0.3) is 5.91 Å². The van der Waals surface area contributed by atoms with Crippen molar-refractivity contribution in [1.29, 1.82) is 0 Å². The second-order valence-electron chi connectivity index (χ2n) is 6.97. The molecule has 3 aromatic rings. The number of halogens is 1. The Morgan fingerprint density at radius 1 is 1.27 bits per heavy atom. The fraction of sp³-hybridized carbons (Fsp3) is 0.286. The third-order valence-corrected chi connectivity index (χ3v) is 5.82. The summed E-state index contributed by atoms with van der Waals surface area (Å²) in [6, 6.07) is 5.36. The van der Waals surface area contributed by atoms with Gasteiger partial charge in [0, 0.05) is 42.4 Å². The first kappa shape index (κ1) is 20.4. The van der Waals surface area contributed by atoms with Gasteiger partial charge in [-0.05, 0) is 30.2 Å². The summed E-state index contributed by atoms with van der Waals surface area (Å²) in [5.41, 5.74) is 0.511. The second-order valence-corrected chi connectivity index (χ2v) is 8.30. The summed E-state index contributed by atoms with van der Waals surface area (Å²) in [6.45, 7) is 3.78. The van der Waals surface area contributed by atoms with Gasteiger partial charge in [0.1, 0.15) is 10.8 Å². The number of benzene rings is 1. The van der Waals surface area contributed by atoms with Crippen molar-refractivity contribution >= 4 is 28.8 Å². The average molecular weight is 446 g/mol. The zero-order valence-corrected chi connectivity index (χ0v) is 17.9. The van der Waals surface area contributed by atoms with Crippen molar-refractivity contribution in [2.24, 2.45) is 0 Å². The Kier molecular flexibility index (Phi) is 5.78. The molecule has 1 aliphatic heterocycles. The van der Waals surface area contributed by atoms with E-state index in [4.69, 9.17) is 16.3 Å². The van der Waals surface area contributed by atoms with Crippen LogP contribution in [0.5, 0.6) is 11.5 Å². The Hall–Kier alpha value is -2.84. The van der Waals surface area contributed by atoms with Crippen LogP contribution in [0.3, 0.4) is 0 Å². The molecule has 0 fully saturated rings. The van der Waals surface area contributed by atoms with E-state index in [2.05, 4.69) is 4.98 Å². The molecule has 0 bridgehead atoms. The fourth-order valence-electron chi connectivity index (χ4n) is 3.43.